The van der Waals surface area contributed by atoms with Crippen LogP contribution in [0.4, 0.5) is 24.7 Å². The number of hydrogen-bond donors (Lipinski definition) is 1. The van der Waals surface area contributed by atoms with Gasteiger partial charge in [-0.15, -0.1) is 5.10 Å². The molecule has 2 bridgehead atoms. The molecule has 168 valence electrons. The summed E-state index contributed by atoms with van der Waals surface area (Å²) >= 11 is 0. The molecule has 0 spiro atoms. The molecule has 3 aromatic rings. The van der Waals surface area contributed by atoms with Gasteiger partial charge < -0.3 is 15.0 Å². The number of piperidine rings is 1. The zero-order valence-corrected chi connectivity index (χ0v) is 18.1. The molecule has 0 saturated carbocycles. The molecule has 32 heavy (non-hydrogen) atoms. The zero-order valence-electron chi connectivity index (χ0n) is 18.1. The van der Waals surface area contributed by atoms with Crippen molar-refractivity contribution < 1.29 is 17.9 Å². The summed E-state index contributed by atoms with van der Waals surface area (Å²) in [6.45, 7) is 6.81. The second-order valence-corrected chi connectivity index (χ2v) is 8.63. The van der Waals surface area contributed by atoms with Gasteiger partial charge in [-0.2, -0.15) is 18.3 Å². The molecule has 0 aliphatic carbocycles. The van der Waals surface area contributed by atoms with Gasteiger partial charge in [0.05, 0.1) is 46.9 Å². The molecule has 3 aliphatic rings. The van der Waals surface area contributed by atoms with Gasteiger partial charge in [-0.1, -0.05) is 12.1 Å². The van der Waals surface area contributed by atoms with E-state index in [0.717, 1.165) is 42.2 Å². The number of aryl methyl sites for hydroxylation is 1. The Hall–Kier alpha value is -2.94. The minimum absolute atomic E-state index is 0.204. The summed E-state index contributed by atoms with van der Waals surface area (Å²) in [5.41, 5.74) is 2.54. The van der Waals surface area contributed by atoms with E-state index in [4.69, 9.17) is 4.74 Å². The molecule has 9 heteroatoms. The number of fused-ring (bicyclic) bond motifs is 3. The van der Waals surface area contributed by atoms with Gasteiger partial charge in [0, 0.05) is 24.9 Å². The number of rotatable bonds is 4. The van der Waals surface area contributed by atoms with Crippen molar-refractivity contribution in [1.29, 1.82) is 0 Å². The molecule has 0 amide bonds. The fourth-order valence-corrected chi connectivity index (χ4v) is 4.71. The highest BCUT2D eigenvalue weighted by Gasteiger charge is 2.38. The molecule has 3 aliphatic heterocycles. The van der Waals surface area contributed by atoms with Gasteiger partial charge in [0.25, 0.3) is 0 Å². The van der Waals surface area contributed by atoms with Crippen molar-refractivity contribution in [1.82, 2.24) is 15.2 Å². The molecule has 3 atom stereocenters. The number of morpholine rings is 1. The number of nitrogens with zero attached hydrogens (tertiary/aromatic N) is 4. The summed E-state index contributed by atoms with van der Waals surface area (Å²) in [6, 6.07) is 5.87. The fourth-order valence-electron chi connectivity index (χ4n) is 4.71. The number of alkyl halides is 3. The molecule has 6 rings (SSSR count). The molecule has 0 radical (unpaired) electrons. The first kappa shape index (κ1) is 20.9. The van der Waals surface area contributed by atoms with Crippen LogP contribution in [-0.4, -0.2) is 40.5 Å². The van der Waals surface area contributed by atoms with Crippen molar-refractivity contribution in [2.45, 2.75) is 51.6 Å². The summed E-state index contributed by atoms with van der Waals surface area (Å²) in [6.07, 6.45) is -0.922. The largest absolute Gasteiger partial charge is 0.416 e. The van der Waals surface area contributed by atoms with Crippen LogP contribution in [0.5, 0.6) is 0 Å². The molecule has 3 saturated heterocycles. The van der Waals surface area contributed by atoms with Gasteiger partial charge >= 0.3 is 6.18 Å². The third kappa shape index (κ3) is 3.64. The lowest BCUT2D eigenvalue weighted by Gasteiger charge is -2.47. The van der Waals surface area contributed by atoms with Crippen LogP contribution in [0.2, 0.25) is 0 Å². The number of nitrogens with one attached hydrogen (secondary N) is 1. The van der Waals surface area contributed by atoms with Gasteiger partial charge in [0.2, 0.25) is 0 Å². The minimum Gasteiger partial charge on any atom is -0.371 e. The molecule has 1 aromatic carbocycles. The SMILES string of the molecule is Cc1c([C@@H](C)Nc2nnc(C)c3ncc(N4CC5CC(C4)O5)cc23)cccc1C(F)(F)F. The maximum atomic E-state index is 13.4. The van der Waals surface area contributed by atoms with E-state index < -0.39 is 17.8 Å². The van der Waals surface area contributed by atoms with Gasteiger partial charge in [0.15, 0.2) is 5.82 Å². The maximum Gasteiger partial charge on any atom is 0.416 e. The first-order valence-electron chi connectivity index (χ1n) is 10.7. The molecule has 2 unspecified atom stereocenters. The number of ether oxygens (including phenoxy) is 1. The Bertz CT molecular complexity index is 1170. The number of halogens is 3. The van der Waals surface area contributed by atoms with E-state index in [2.05, 4.69) is 25.4 Å². The summed E-state index contributed by atoms with van der Waals surface area (Å²) in [4.78, 5) is 6.89. The number of aromatic nitrogens is 3. The Kier molecular flexibility index (Phi) is 4.96. The first-order valence-corrected chi connectivity index (χ1v) is 10.7. The third-order valence-electron chi connectivity index (χ3n) is 6.40. The molecule has 5 heterocycles. The van der Waals surface area contributed by atoms with Crippen molar-refractivity contribution >= 4 is 22.4 Å². The lowest BCUT2D eigenvalue weighted by Crippen LogP contribution is -2.57. The average molecular weight is 443 g/mol. The van der Waals surface area contributed by atoms with Crippen molar-refractivity contribution in [3.8, 4) is 0 Å². The highest BCUT2D eigenvalue weighted by atomic mass is 19.4. The topological polar surface area (TPSA) is 63.2 Å². The van der Waals surface area contributed by atoms with Crippen LogP contribution in [-0.2, 0) is 10.9 Å². The van der Waals surface area contributed by atoms with Crippen molar-refractivity contribution in [2.75, 3.05) is 23.3 Å². The Morgan fingerprint density at radius 1 is 1.16 bits per heavy atom. The van der Waals surface area contributed by atoms with Crippen molar-refractivity contribution in [3.05, 3.63) is 52.8 Å². The molecule has 3 fully saturated rings. The number of hydrogen-bond acceptors (Lipinski definition) is 6. The first-order chi connectivity index (χ1) is 15.2. The Labute approximate surface area is 183 Å². The van der Waals surface area contributed by atoms with Crippen molar-refractivity contribution in [2.24, 2.45) is 0 Å². The summed E-state index contributed by atoms with van der Waals surface area (Å²) in [5, 5.41) is 12.6. The highest BCUT2D eigenvalue weighted by molar-refractivity contribution is 5.92. The number of pyridine rings is 1. The second kappa shape index (κ2) is 7.58. The minimum atomic E-state index is -4.39. The van der Waals surface area contributed by atoms with Gasteiger partial charge in [-0.25, -0.2) is 0 Å². The summed E-state index contributed by atoms with van der Waals surface area (Å²) in [5.74, 6) is 0.502. The van der Waals surface area contributed by atoms with Crippen LogP contribution in [0, 0.1) is 13.8 Å². The predicted molar refractivity (Wildman–Crippen MR) is 116 cm³/mol. The van der Waals surface area contributed by atoms with Gasteiger partial charge in [0.1, 0.15) is 0 Å². The van der Waals surface area contributed by atoms with Crippen LogP contribution >= 0.6 is 0 Å². The fraction of sp³-hybridized carbons (Fsp3) is 0.435. The second-order valence-electron chi connectivity index (χ2n) is 8.63. The third-order valence-corrected chi connectivity index (χ3v) is 6.40. The highest BCUT2D eigenvalue weighted by Crippen LogP contribution is 2.36. The van der Waals surface area contributed by atoms with E-state index in [0.29, 0.717) is 17.1 Å². The monoisotopic (exact) mass is 443 g/mol. The predicted octanol–water partition coefficient (Wildman–Crippen LogP) is 4.81. The molecule has 2 aromatic heterocycles. The summed E-state index contributed by atoms with van der Waals surface area (Å²) < 4.78 is 45.8. The molecular formula is C23H24F3N5O. The van der Waals surface area contributed by atoms with E-state index in [1.165, 1.54) is 13.0 Å². The van der Waals surface area contributed by atoms with Crippen LogP contribution in [0.1, 0.15) is 41.8 Å². The number of benzene rings is 1. The average Bonchev–Trinajstić information content (AvgIpc) is 2.74. The smallest absolute Gasteiger partial charge is 0.371 e. The Morgan fingerprint density at radius 2 is 1.88 bits per heavy atom. The standard InChI is InChI=1S/C23H24F3N5O/c1-12-18(5-4-6-20(12)23(24,25)26)13(2)28-22-19-7-15(9-27-21(19)14(3)29-30-22)31-10-16-8-17(11-31)32-16/h4-7,9,13,16-17H,8,10-11H2,1-3H3,(H,28,30)/t13-,16?,17?/m1/s1. The van der Waals surface area contributed by atoms with Crippen LogP contribution < -0.4 is 10.2 Å². The van der Waals surface area contributed by atoms with E-state index >= 15 is 0 Å². The molecular weight excluding hydrogens is 419 g/mol. The van der Waals surface area contributed by atoms with E-state index in [-0.39, 0.29) is 17.8 Å². The van der Waals surface area contributed by atoms with Crippen molar-refractivity contribution in [3.63, 3.8) is 0 Å². The van der Waals surface area contributed by atoms with E-state index in [1.807, 2.05) is 26.1 Å². The molecule has 1 N–H and O–H groups in total. The lowest BCUT2D eigenvalue weighted by atomic mass is 9.97. The van der Waals surface area contributed by atoms with Gasteiger partial charge in [-0.3, -0.25) is 4.98 Å². The van der Waals surface area contributed by atoms with E-state index in [9.17, 15) is 13.2 Å². The Balaban J connectivity index is 1.49. The van der Waals surface area contributed by atoms with Crippen LogP contribution in [0.3, 0.4) is 0 Å². The molecule has 6 nitrogen and oxygen atoms in total. The van der Waals surface area contributed by atoms with Crippen LogP contribution in [0.25, 0.3) is 10.9 Å². The quantitative estimate of drug-likeness (QED) is 0.624. The lowest BCUT2D eigenvalue weighted by molar-refractivity contribution is -0.138. The van der Waals surface area contributed by atoms with Crippen LogP contribution in [0.15, 0.2) is 30.5 Å². The normalized spacial score (nSPS) is 21.4. The maximum absolute atomic E-state index is 13.4. The Morgan fingerprint density at radius 3 is 2.56 bits per heavy atom. The van der Waals surface area contributed by atoms with Gasteiger partial charge in [-0.05, 0) is 44.0 Å². The number of anilines is 2. The van der Waals surface area contributed by atoms with E-state index in [1.54, 1.807) is 6.07 Å². The zero-order chi connectivity index (χ0) is 22.6. The summed E-state index contributed by atoms with van der Waals surface area (Å²) in [7, 11) is 0.